The SMILES string of the molecule is CC=Cc1cc(C(=O)OC(C)(C)C)c(COC)cc1C(=O)OC(C)(C)C. The summed E-state index contributed by atoms with van der Waals surface area (Å²) >= 11 is 0. The molecule has 0 N–H and O–H groups in total. The highest BCUT2D eigenvalue weighted by molar-refractivity contribution is 5.98. The predicted octanol–water partition coefficient (Wildman–Crippen LogP) is 4.78. The van der Waals surface area contributed by atoms with E-state index in [9.17, 15) is 9.59 Å². The van der Waals surface area contributed by atoms with Crippen molar-refractivity contribution in [2.75, 3.05) is 7.11 Å². The highest BCUT2D eigenvalue weighted by Gasteiger charge is 2.25. The second kappa shape index (κ2) is 8.49. The van der Waals surface area contributed by atoms with Gasteiger partial charge in [0.05, 0.1) is 17.7 Å². The molecule has 0 atom stereocenters. The van der Waals surface area contributed by atoms with Gasteiger partial charge in [0.2, 0.25) is 0 Å². The van der Waals surface area contributed by atoms with Gasteiger partial charge in [0, 0.05) is 7.11 Å². The molecule has 0 aromatic heterocycles. The van der Waals surface area contributed by atoms with Gasteiger partial charge in [-0.2, -0.15) is 0 Å². The third kappa shape index (κ3) is 6.64. The summed E-state index contributed by atoms with van der Waals surface area (Å²) in [6.07, 6.45) is 3.57. The van der Waals surface area contributed by atoms with Crippen LogP contribution in [0.2, 0.25) is 0 Å². The minimum Gasteiger partial charge on any atom is -0.456 e. The molecule has 0 heterocycles. The summed E-state index contributed by atoms with van der Waals surface area (Å²) in [6.45, 7) is 12.9. The van der Waals surface area contributed by atoms with Crippen molar-refractivity contribution in [1.29, 1.82) is 0 Å². The average molecular weight is 362 g/mol. The zero-order valence-corrected chi connectivity index (χ0v) is 17.1. The number of benzene rings is 1. The molecule has 0 aliphatic carbocycles. The maximum atomic E-state index is 12.6. The molecule has 0 fully saturated rings. The number of esters is 2. The van der Waals surface area contributed by atoms with Crippen molar-refractivity contribution in [2.24, 2.45) is 0 Å². The fraction of sp³-hybridized carbons (Fsp3) is 0.524. The van der Waals surface area contributed by atoms with Crippen LogP contribution >= 0.6 is 0 Å². The molecule has 0 saturated carbocycles. The van der Waals surface area contributed by atoms with Crippen LogP contribution < -0.4 is 0 Å². The molecule has 1 aromatic rings. The minimum atomic E-state index is -0.619. The molecule has 0 amide bonds. The van der Waals surface area contributed by atoms with E-state index in [1.165, 1.54) is 7.11 Å². The summed E-state index contributed by atoms with van der Waals surface area (Å²) in [5.74, 6) is -0.898. The predicted molar refractivity (Wildman–Crippen MR) is 102 cm³/mol. The number of allylic oxidation sites excluding steroid dienone is 1. The summed E-state index contributed by atoms with van der Waals surface area (Å²) in [4.78, 5) is 25.2. The smallest absolute Gasteiger partial charge is 0.339 e. The molecule has 0 bridgehead atoms. The van der Waals surface area contributed by atoms with E-state index in [2.05, 4.69) is 0 Å². The number of carbonyl (C=O) groups is 2. The van der Waals surface area contributed by atoms with Crippen LogP contribution in [0.4, 0.5) is 0 Å². The van der Waals surface area contributed by atoms with Crippen LogP contribution in [0.5, 0.6) is 0 Å². The Hall–Kier alpha value is -2.14. The molecule has 0 spiro atoms. The van der Waals surface area contributed by atoms with E-state index in [1.807, 2.05) is 48.5 Å². The Bertz CT molecular complexity index is 688. The van der Waals surface area contributed by atoms with Gasteiger partial charge in [-0.05, 0) is 71.7 Å². The van der Waals surface area contributed by atoms with Gasteiger partial charge in [0.15, 0.2) is 0 Å². The van der Waals surface area contributed by atoms with Crippen molar-refractivity contribution in [1.82, 2.24) is 0 Å². The van der Waals surface area contributed by atoms with E-state index in [4.69, 9.17) is 14.2 Å². The van der Waals surface area contributed by atoms with Crippen molar-refractivity contribution < 1.29 is 23.8 Å². The van der Waals surface area contributed by atoms with E-state index < -0.39 is 23.1 Å². The third-order valence-electron chi connectivity index (χ3n) is 3.16. The van der Waals surface area contributed by atoms with E-state index >= 15 is 0 Å². The summed E-state index contributed by atoms with van der Waals surface area (Å²) < 4.78 is 16.2. The van der Waals surface area contributed by atoms with Gasteiger partial charge < -0.3 is 14.2 Å². The zero-order chi connectivity index (χ0) is 20.1. The minimum absolute atomic E-state index is 0.181. The summed E-state index contributed by atoms with van der Waals surface area (Å²) in [6, 6.07) is 3.30. The van der Waals surface area contributed by atoms with E-state index in [-0.39, 0.29) is 6.61 Å². The Labute approximate surface area is 156 Å². The highest BCUT2D eigenvalue weighted by Crippen LogP contribution is 2.24. The van der Waals surface area contributed by atoms with Crippen LogP contribution in [0.3, 0.4) is 0 Å². The van der Waals surface area contributed by atoms with E-state index in [0.717, 1.165) is 0 Å². The standard InChI is InChI=1S/C21H30O5/c1-9-10-14-11-17(19(23)26-21(5,6)7)15(13-24-8)12-16(14)18(22)25-20(2,3)4/h9-12H,13H2,1-8H3. The Morgan fingerprint density at radius 3 is 1.85 bits per heavy atom. The maximum Gasteiger partial charge on any atom is 0.339 e. The number of rotatable bonds is 5. The van der Waals surface area contributed by atoms with Gasteiger partial charge in [-0.25, -0.2) is 9.59 Å². The lowest BCUT2D eigenvalue weighted by Gasteiger charge is -2.23. The second-order valence-corrected chi connectivity index (χ2v) is 8.03. The summed E-state index contributed by atoms with van der Waals surface area (Å²) in [5, 5.41) is 0. The first kappa shape index (κ1) is 21.9. The second-order valence-electron chi connectivity index (χ2n) is 8.03. The van der Waals surface area contributed by atoms with Gasteiger partial charge in [0.1, 0.15) is 11.2 Å². The number of ether oxygens (including phenoxy) is 3. The molecule has 1 rings (SSSR count). The van der Waals surface area contributed by atoms with Gasteiger partial charge in [-0.15, -0.1) is 0 Å². The monoisotopic (exact) mass is 362 g/mol. The maximum absolute atomic E-state index is 12.6. The molecule has 0 aliphatic rings. The molecule has 0 radical (unpaired) electrons. The summed E-state index contributed by atoms with van der Waals surface area (Å²) in [5.41, 5.74) is 0.708. The van der Waals surface area contributed by atoms with Crippen LogP contribution in [0.25, 0.3) is 6.08 Å². The van der Waals surface area contributed by atoms with Crippen LogP contribution in [-0.4, -0.2) is 30.3 Å². The van der Waals surface area contributed by atoms with Crippen molar-refractivity contribution in [3.8, 4) is 0 Å². The molecule has 0 aliphatic heterocycles. The Morgan fingerprint density at radius 1 is 0.923 bits per heavy atom. The molecular formula is C21H30O5. The first-order chi connectivity index (χ1) is 11.9. The zero-order valence-electron chi connectivity index (χ0n) is 17.1. The van der Waals surface area contributed by atoms with Crippen molar-refractivity contribution in [2.45, 2.75) is 66.3 Å². The first-order valence-electron chi connectivity index (χ1n) is 8.63. The molecular weight excluding hydrogens is 332 g/mol. The number of methoxy groups -OCH3 is 1. The van der Waals surface area contributed by atoms with Gasteiger partial charge in [-0.3, -0.25) is 0 Å². The quantitative estimate of drug-likeness (QED) is 0.706. The van der Waals surface area contributed by atoms with Crippen LogP contribution in [-0.2, 0) is 20.8 Å². The van der Waals surface area contributed by atoms with Gasteiger partial charge in [-0.1, -0.05) is 12.2 Å². The lowest BCUT2D eigenvalue weighted by atomic mass is 9.97. The lowest BCUT2D eigenvalue weighted by Crippen LogP contribution is -2.26. The molecule has 26 heavy (non-hydrogen) atoms. The molecule has 144 valence electrons. The molecule has 5 nitrogen and oxygen atoms in total. The molecule has 0 saturated heterocycles. The molecule has 5 heteroatoms. The summed E-state index contributed by atoms with van der Waals surface area (Å²) in [7, 11) is 1.53. The number of hydrogen-bond donors (Lipinski definition) is 0. The molecule has 0 unspecified atom stereocenters. The molecule has 1 aromatic carbocycles. The Morgan fingerprint density at radius 2 is 1.42 bits per heavy atom. The number of hydrogen-bond acceptors (Lipinski definition) is 5. The number of carbonyl (C=O) groups excluding carboxylic acids is 2. The topological polar surface area (TPSA) is 61.8 Å². The van der Waals surface area contributed by atoms with Crippen molar-refractivity contribution >= 4 is 18.0 Å². The fourth-order valence-electron chi connectivity index (χ4n) is 2.29. The Balaban J connectivity index is 3.47. The normalized spacial score (nSPS) is 12.3. The Kier molecular flexibility index (Phi) is 7.16. The largest absolute Gasteiger partial charge is 0.456 e. The van der Waals surface area contributed by atoms with E-state index in [0.29, 0.717) is 22.3 Å². The van der Waals surface area contributed by atoms with Crippen molar-refractivity contribution in [3.05, 3.63) is 40.5 Å². The van der Waals surface area contributed by atoms with Crippen molar-refractivity contribution in [3.63, 3.8) is 0 Å². The fourth-order valence-corrected chi connectivity index (χ4v) is 2.29. The van der Waals surface area contributed by atoms with E-state index in [1.54, 1.807) is 24.3 Å². The van der Waals surface area contributed by atoms with Crippen LogP contribution in [0, 0.1) is 0 Å². The lowest BCUT2D eigenvalue weighted by molar-refractivity contribution is 0.00486. The third-order valence-corrected chi connectivity index (χ3v) is 3.16. The van der Waals surface area contributed by atoms with Crippen LogP contribution in [0.15, 0.2) is 18.2 Å². The highest BCUT2D eigenvalue weighted by atomic mass is 16.6. The average Bonchev–Trinajstić information content (AvgIpc) is 2.45. The van der Waals surface area contributed by atoms with Crippen LogP contribution in [0.1, 0.15) is 80.3 Å². The van der Waals surface area contributed by atoms with Gasteiger partial charge >= 0.3 is 11.9 Å². The first-order valence-corrected chi connectivity index (χ1v) is 8.63. The van der Waals surface area contributed by atoms with Gasteiger partial charge in [0.25, 0.3) is 0 Å².